The summed E-state index contributed by atoms with van der Waals surface area (Å²) < 4.78 is 6.83. The van der Waals surface area contributed by atoms with Crippen LogP contribution in [0, 0.1) is 0 Å². The third kappa shape index (κ3) is 4.03. The van der Waals surface area contributed by atoms with Gasteiger partial charge in [0.1, 0.15) is 12.1 Å². The van der Waals surface area contributed by atoms with Crippen molar-refractivity contribution < 1.29 is 24.2 Å². The van der Waals surface area contributed by atoms with Gasteiger partial charge in [0.15, 0.2) is 5.69 Å². The Morgan fingerprint density at radius 1 is 1.06 bits per heavy atom. The maximum absolute atomic E-state index is 13.2. The highest BCUT2D eigenvalue weighted by molar-refractivity contribution is 6.04. The summed E-state index contributed by atoms with van der Waals surface area (Å²) in [5, 5.41) is 18.8. The Morgan fingerprint density at radius 2 is 1.66 bits per heavy atom. The summed E-state index contributed by atoms with van der Waals surface area (Å²) in [5.74, 6) is -1.76. The molecule has 3 N–H and O–H groups in total. The number of fused-ring (bicyclic) bond motifs is 3. The van der Waals surface area contributed by atoms with Gasteiger partial charge in [-0.05, 0) is 35.1 Å². The number of nitrogens with zero attached hydrogens (tertiary/aromatic N) is 2. The number of aromatic carboxylic acids is 1. The van der Waals surface area contributed by atoms with Crippen LogP contribution >= 0.6 is 0 Å². The zero-order valence-electron chi connectivity index (χ0n) is 19.3. The van der Waals surface area contributed by atoms with Gasteiger partial charge in [-0.25, -0.2) is 9.59 Å². The monoisotopic (exact) mass is 474 g/mol. The van der Waals surface area contributed by atoms with Crippen molar-refractivity contribution in [1.29, 1.82) is 0 Å². The molecule has 0 aliphatic heterocycles. The Bertz CT molecular complexity index is 1260. The molecular formula is C26H26N4O5. The zero-order chi connectivity index (χ0) is 24.6. The Hall–Kier alpha value is -4.14. The third-order valence-electron chi connectivity index (χ3n) is 6.97. The molecule has 0 radical (unpaired) electrons. The van der Waals surface area contributed by atoms with E-state index in [9.17, 15) is 19.5 Å². The normalized spacial score (nSPS) is 15.8. The highest BCUT2D eigenvalue weighted by atomic mass is 16.5. The average molecular weight is 475 g/mol. The van der Waals surface area contributed by atoms with Crippen molar-refractivity contribution >= 4 is 23.7 Å². The summed E-state index contributed by atoms with van der Waals surface area (Å²) in [6, 6.07) is 16.1. The van der Waals surface area contributed by atoms with Crippen molar-refractivity contribution in [2.24, 2.45) is 7.05 Å². The maximum Gasteiger partial charge on any atom is 0.408 e. The molecule has 2 aliphatic rings. The molecule has 0 saturated heterocycles. The van der Waals surface area contributed by atoms with Crippen molar-refractivity contribution in [3.8, 4) is 11.1 Å². The molecule has 35 heavy (non-hydrogen) atoms. The predicted molar refractivity (Wildman–Crippen MR) is 128 cm³/mol. The average Bonchev–Trinajstić information content (AvgIpc) is 3.54. The number of aromatic nitrogens is 2. The fraction of sp³-hybridized carbons (Fsp3) is 0.308. The van der Waals surface area contributed by atoms with E-state index in [1.165, 1.54) is 17.9 Å². The second-order valence-corrected chi connectivity index (χ2v) is 9.03. The van der Waals surface area contributed by atoms with Crippen LogP contribution in [0.25, 0.3) is 11.1 Å². The van der Waals surface area contributed by atoms with E-state index in [2.05, 4.69) is 27.9 Å². The Balaban J connectivity index is 1.30. The Kier molecular flexibility index (Phi) is 5.76. The molecule has 2 aromatic carbocycles. The van der Waals surface area contributed by atoms with Crippen LogP contribution in [-0.2, 0) is 16.6 Å². The number of carbonyl (C=O) groups is 3. The zero-order valence-corrected chi connectivity index (χ0v) is 19.3. The third-order valence-corrected chi connectivity index (χ3v) is 6.97. The first kappa shape index (κ1) is 22.6. The van der Waals surface area contributed by atoms with E-state index < -0.39 is 23.5 Å². The number of anilines is 1. The first-order valence-corrected chi connectivity index (χ1v) is 11.6. The number of carboxylic acid groups (broad SMARTS) is 1. The molecule has 0 spiro atoms. The molecule has 0 unspecified atom stereocenters. The number of aryl methyl sites for hydroxylation is 1. The van der Waals surface area contributed by atoms with Gasteiger partial charge in [-0.2, -0.15) is 5.10 Å². The summed E-state index contributed by atoms with van der Waals surface area (Å²) in [6.45, 7) is 0.142. The fourth-order valence-electron chi connectivity index (χ4n) is 5.24. The van der Waals surface area contributed by atoms with Gasteiger partial charge in [0.2, 0.25) is 5.91 Å². The second-order valence-electron chi connectivity index (χ2n) is 9.03. The van der Waals surface area contributed by atoms with Crippen molar-refractivity contribution in [1.82, 2.24) is 15.1 Å². The lowest BCUT2D eigenvalue weighted by molar-refractivity contribution is -0.122. The molecule has 1 aromatic heterocycles. The molecule has 9 heteroatoms. The molecule has 1 fully saturated rings. The van der Waals surface area contributed by atoms with Crippen LogP contribution in [0.5, 0.6) is 0 Å². The number of hydrogen-bond donors (Lipinski definition) is 3. The van der Waals surface area contributed by atoms with Crippen LogP contribution in [0.2, 0.25) is 0 Å². The minimum atomic E-state index is -1.20. The number of benzene rings is 2. The summed E-state index contributed by atoms with van der Waals surface area (Å²) in [6.07, 6.45) is 3.01. The van der Waals surface area contributed by atoms with Crippen LogP contribution in [0.4, 0.5) is 10.5 Å². The van der Waals surface area contributed by atoms with E-state index >= 15 is 0 Å². The van der Waals surface area contributed by atoms with Gasteiger partial charge in [-0.1, -0.05) is 61.4 Å². The molecular weight excluding hydrogens is 448 g/mol. The van der Waals surface area contributed by atoms with Crippen molar-refractivity contribution in [2.75, 3.05) is 11.9 Å². The molecule has 2 aliphatic carbocycles. The molecule has 0 bridgehead atoms. The number of alkyl carbamates (subject to hydrolysis) is 1. The van der Waals surface area contributed by atoms with Crippen LogP contribution < -0.4 is 10.6 Å². The molecule has 1 saturated carbocycles. The molecule has 3 aromatic rings. The van der Waals surface area contributed by atoms with E-state index in [1.54, 1.807) is 0 Å². The van der Waals surface area contributed by atoms with Gasteiger partial charge >= 0.3 is 12.1 Å². The number of carboxylic acids is 1. The van der Waals surface area contributed by atoms with Gasteiger partial charge in [0.25, 0.3) is 0 Å². The van der Waals surface area contributed by atoms with E-state index in [1.807, 2.05) is 36.4 Å². The topological polar surface area (TPSA) is 123 Å². The molecule has 5 rings (SSSR count). The lowest BCUT2D eigenvalue weighted by atomic mass is 9.96. The molecule has 2 amide bonds. The lowest BCUT2D eigenvalue weighted by Gasteiger charge is -2.28. The Labute approximate surface area is 202 Å². The minimum absolute atomic E-state index is 0.0879. The number of amides is 2. The number of carbonyl (C=O) groups excluding carboxylic acids is 2. The standard InChI is InChI=1S/C26H26N4O5/c1-30-22(23(31)32)21(14-27-30)28-24(33)26(12-6-7-13-26)29-25(34)35-15-20-18-10-4-2-8-16(18)17-9-3-5-11-19(17)20/h2-5,8-11,14,20H,6-7,12-13,15H2,1H3,(H,28,33)(H,29,34)(H,31,32). The smallest absolute Gasteiger partial charge is 0.408 e. The van der Waals surface area contributed by atoms with Gasteiger partial charge in [-0.15, -0.1) is 0 Å². The second kappa shape index (κ2) is 8.90. The highest BCUT2D eigenvalue weighted by Crippen LogP contribution is 2.44. The number of rotatable bonds is 6. The van der Waals surface area contributed by atoms with E-state index in [0.29, 0.717) is 12.8 Å². The molecule has 9 nitrogen and oxygen atoms in total. The summed E-state index contributed by atoms with van der Waals surface area (Å²) >= 11 is 0. The van der Waals surface area contributed by atoms with Crippen LogP contribution in [0.3, 0.4) is 0 Å². The quantitative estimate of drug-likeness (QED) is 0.498. The van der Waals surface area contributed by atoms with Crippen molar-refractivity contribution in [3.05, 3.63) is 71.5 Å². The SMILES string of the molecule is Cn1ncc(NC(=O)C2(NC(=O)OCC3c4ccccc4-c4ccccc43)CCCC2)c1C(=O)O. The number of nitrogens with one attached hydrogen (secondary N) is 2. The summed E-state index contributed by atoms with van der Waals surface area (Å²) in [7, 11) is 1.49. The van der Waals surface area contributed by atoms with Gasteiger partial charge in [0.05, 0.1) is 11.9 Å². The first-order chi connectivity index (χ1) is 16.9. The van der Waals surface area contributed by atoms with Gasteiger partial charge in [-0.3, -0.25) is 9.48 Å². The van der Waals surface area contributed by atoms with Crippen LogP contribution in [0.15, 0.2) is 54.7 Å². The van der Waals surface area contributed by atoms with E-state index in [-0.39, 0.29) is 23.9 Å². The molecule has 180 valence electrons. The molecule has 0 atom stereocenters. The van der Waals surface area contributed by atoms with E-state index in [0.717, 1.165) is 35.1 Å². The Morgan fingerprint density at radius 3 is 2.26 bits per heavy atom. The minimum Gasteiger partial charge on any atom is -0.476 e. The highest BCUT2D eigenvalue weighted by Gasteiger charge is 2.44. The van der Waals surface area contributed by atoms with Crippen molar-refractivity contribution in [3.63, 3.8) is 0 Å². The maximum atomic E-state index is 13.2. The summed E-state index contributed by atoms with van der Waals surface area (Å²) in [4.78, 5) is 37.7. The van der Waals surface area contributed by atoms with E-state index in [4.69, 9.17) is 4.74 Å². The van der Waals surface area contributed by atoms with Crippen molar-refractivity contribution in [2.45, 2.75) is 37.1 Å². The van der Waals surface area contributed by atoms with Crippen LogP contribution in [0.1, 0.15) is 53.2 Å². The van der Waals surface area contributed by atoms with Crippen LogP contribution in [-0.4, -0.2) is 45.0 Å². The number of hydrogen-bond acceptors (Lipinski definition) is 5. The molecule has 1 heterocycles. The number of ether oxygens (including phenoxy) is 1. The van der Waals surface area contributed by atoms with Gasteiger partial charge in [0, 0.05) is 13.0 Å². The first-order valence-electron chi connectivity index (χ1n) is 11.6. The fourth-order valence-corrected chi connectivity index (χ4v) is 5.24. The van der Waals surface area contributed by atoms with Gasteiger partial charge < -0.3 is 20.5 Å². The lowest BCUT2D eigenvalue weighted by Crippen LogP contribution is -2.55. The summed E-state index contributed by atoms with van der Waals surface area (Å²) in [5.41, 5.74) is 3.26. The predicted octanol–water partition coefficient (Wildman–Crippen LogP) is 3.91. The largest absolute Gasteiger partial charge is 0.476 e.